The van der Waals surface area contributed by atoms with E-state index in [2.05, 4.69) is 5.32 Å². The molecular formula is C19H19Cl2N3O5S. The van der Waals surface area contributed by atoms with Gasteiger partial charge in [-0.25, -0.2) is 8.42 Å². The molecule has 0 unspecified atom stereocenters. The van der Waals surface area contributed by atoms with Crippen LogP contribution in [0.1, 0.15) is 18.4 Å². The molecule has 1 heterocycles. The smallest absolute Gasteiger partial charge is 0.270 e. The SMILES string of the molecule is Cc1ccc([N+](=O)[O-])cc1S(=O)(=O)N1CCC(C(=O)Nc2cc(Cl)ccc2Cl)CC1. The third-order valence-corrected chi connectivity index (χ3v) is 7.62. The van der Waals surface area contributed by atoms with E-state index < -0.39 is 20.9 Å². The van der Waals surface area contributed by atoms with Crippen LogP contribution < -0.4 is 5.32 Å². The fourth-order valence-electron chi connectivity index (χ4n) is 3.31. The van der Waals surface area contributed by atoms with Gasteiger partial charge in [-0.15, -0.1) is 0 Å². The van der Waals surface area contributed by atoms with E-state index in [-0.39, 0.29) is 29.6 Å². The van der Waals surface area contributed by atoms with E-state index in [1.165, 1.54) is 16.4 Å². The summed E-state index contributed by atoms with van der Waals surface area (Å²) in [5, 5.41) is 14.5. The Balaban J connectivity index is 1.70. The van der Waals surface area contributed by atoms with Crippen LogP contribution >= 0.6 is 23.2 Å². The Morgan fingerprint density at radius 1 is 1.17 bits per heavy atom. The first-order valence-corrected chi connectivity index (χ1v) is 11.3. The van der Waals surface area contributed by atoms with E-state index >= 15 is 0 Å². The number of rotatable bonds is 5. The molecule has 1 aliphatic rings. The highest BCUT2D eigenvalue weighted by molar-refractivity contribution is 7.89. The average Bonchev–Trinajstić information content (AvgIpc) is 2.70. The fraction of sp³-hybridized carbons (Fsp3) is 0.316. The van der Waals surface area contributed by atoms with Crippen LogP contribution in [0.5, 0.6) is 0 Å². The largest absolute Gasteiger partial charge is 0.324 e. The number of aryl methyl sites for hydroxylation is 1. The van der Waals surface area contributed by atoms with Gasteiger partial charge in [-0.3, -0.25) is 14.9 Å². The minimum Gasteiger partial charge on any atom is -0.324 e. The molecule has 2 aromatic carbocycles. The molecule has 0 aliphatic carbocycles. The maximum absolute atomic E-state index is 13.0. The molecule has 0 radical (unpaired) electrons. The number of sulfonamides is 1. The summed E-state index contributed by atoms with van der Waals surface area (Å²) < 4.78 is 27.3. The maximum atomic E-state index is 13.0. The summed E-state index contributed by atoms with van der Waals surface area (Å²) in [7, 11) is -3.91. The number of carbonyl (C=O) groups is 1. The molecule has 0 atom stereocenters. The van der Waals surface area contributed by atoms with Gasteiger partial charge in [-0.05, 0) is 43.5 Å². The number of nitro benzene ring substituents is 1. The third kappa shape index (κ3) is 4.75. The van der Waals surface area contributed by atoms with Crippen LogP contribution in [0.15, 0.2) is 41.3 Å². The number of amides is 1. The molecule has 1 saturated heterocycles. The average molecular weight is 472 g/mol. The van der Waals surface area contributed by atoms with Gasteiger partial charge in [0.15, 0.2) is 0 Å². The second-order valence-corrected chi connectivity index (χ2v) is 9.75. The predicted molar refractivity (Wildman–Crippen MR) is 114 cm³/mol. The molecule has 11 heteroatoms. The molecule has 8 nitrogen and oxygen atoms in total. The summed E-state index contributed by atoms with van der Waals surface area (Å²) in [6.07, 6.45) is 0.633. The van der Waals surface area contributed by atoms with Gasteiger partial charge in [-0.1, -0.05) is 29.3 Å². The van der Waals surface area contributed by atoms with Gasteiger partial charge in [0.2, 0.25) is 15.9 Å². The molecule has 1 amide bonds. The van der Waals surface area contributed by atoms with E-state index in [9.17, 15) is 23.3 Å². The van der Waals surface area contributed by atoms with Crippen LogP contribution in [0, 0.1) is 23.0 Å². The lowest BCUT2D eigenvalue weighted by Crippen LogP contribution is -2.41. The number of nitrogens with zero attached hydrogens (tertiary/aromatic N) is 2. The monoisotopic (exact) mass is 471 g/mol. The summed E-state index contributed by atoms with van der Waals surface area (Å²) >= 11 is 12.0. The summed E-state index contributed by atoms with van der Waals surface area (Å²) in [5.74, 6) is -0.652. The lowest BCUT2D eigenvalue weighted by atomic mass is 9.97. The van der Waals surface area contributed by atoms with Crippen molar-refractivity contribution in [1.82, 2.24) is 4.31 Å². The van der Waals surface area contributed by atoms with Crippen LogP contribution in [-0.4, -0.2) is 36.6 Å². The van der Waals surface area contributed by atoms with Crippen molar-refractivity contribution >= 4 is 50.5 Å². The number of non-ortho nitro benzene ring substituents is 1. The van der Waals surface area contributed by atoms with Crippen LogP contribution in [0.25, 0.3) is 0 Å². The molecule has 0 spiro atoms. The Kier molecular flexibility index (Phi) is 6.66. The van der Waals surface area contributed by atoms with Crippen molar-refractivity contribution in [2.75, 3.05) is 18.4 Å². The topological polar surface area (TPSA) is 110 Å². The van der Waals surface area contributed by atoms with Gasteiger partial charge in [-0.2, -0.15) is 4.31 Å². The van der Waals surface area contributed by atoms with Gasteiger partial charge in [0.05, 0.1) is 20.5 Å². The number of benzene rings is 2. The van der Waals surface area contributed by atoms with E-state index in [1.807, 2.05) is 0 Å². The molecular weight excluding hydrogens is 453 g/mol. The first-order chi connectivity index (χ1) is 14.1. The molecule has 1 aliphatic heterocycles. The molecule has 3 rings (SSSR count). The molecule has 2 aromatic rings. The third-order valence-electron chi connectivity index (χ3n) is 5.01. The van der Waals surface area contributed by atoms with Crippen molar-refractivity contribution in [1.29, 1.82) is 0 Å². The summed E-state index contributed by atoms with van der Waals surface area (Å²) in [6, 6.07) is 8.50. The molecule has 30 heavy (non-hydrogen) atoms. The standard InChI is InChI=1S/C19H19Cl2N3O5S/c1-12-2-4-15(24(26)27)11-18(12)30(28,29)23-8-6-13(7-9-23)19(25)22-17-10-14(20)3-5-16(17)21/h2-5,10-11,13H,6-9H2,1H3,(H,22,25). The van der Waals surface area contributed by atoms with Gasteiger partial charge in [0, 0.05) is 36.2 Å². The highest BCUT2D eigenvalue weighted by Crippen LogP contribution is 2.30. The van der Waals surface area contributed by atoms with Gasteiger partial charge in [0.1, 0.15) is 0 Å². The molecule has 0 bridgehead atoms. The van der Waals surface area contributed by atoms with E-state index in [0.29, 0.717) is 34.1 Å². The number of hydrogen-bond donors (Lipinski definition) is 1. The highest BCUT2D eigenvalue weighted by Gasteiger charge is 2.33. The Bertz CT molecular complexity index is 1100. The zero-order valence-corrected chi connectivity index (χ0v) is 18.3. The first kappa shape index (κ1) is 22.5. The number of anilines is 1. The molecule has 1 N–H and O–H groups in total. The minimum atomic E-state index is -3.91. The lowest BCUT2D eigenvalue weighted by molar-refractivity contribution is -0.385. The number of halogens is 2. The Morgan fingerprint density at radius 3 is 2.47 bits per heavy atom. The van der Waals surface area contributed by atoms with Crippen LogP contribution in [0.4, 0.5) is 11.4 Å². The number of hydrogen-bond acceptors (Lipinski definition) is 5. The van der Waals surface area contributed by atoms with Crippen LogP contribution in [0.3, 0.4) is 0 Å². The quantitative estimate of drug-likeness (QED) is 0.517. The van der Waals surface area contributed by atoms with Crippen molar-refractivity contribution in [3.8, 4) is 0 Å². The number of carbonyl (C=O) groups excluding carboxylic acids is 1. The van der Waals surface area contributed by atoms with Gasteiger partial charge < -0.3 is 5.32 Å². The van der Waals surface area contributed by atoms with Crippen LogP contribution in [-0.2, 0) is 14.8 Å². The predicted octanol–water partition coefficient (Wildman–Crippen LogP) is 4.25. The molecule has 160 valence electrons. The van der Waals surface area contributed by atoms with E-state index in [0.717, 1.165) is 6.07 Å². The van der Waals surface area contributed by atoms with Crippen molar-refractivity contribution in [3.63, 3.8) is 0 Å². The van der Waals surface area contributed by atoms with Crippen molar-refractivity contribution in [2.45, 2.75) is 24.7 Å². The number of piperidine rings is 1. The Morgan fingerprint density at radius 2 is 1.83 bits per heavy atom. The second kappa shape index (κ2) is 8.89. The molecule has 0 saturated carbocycles. The Labute approximate surface area is 184 Å². The Hall–Kier alpha value is -2.20. The lowest BCUT2D eigenvalue weighted by Gasteiger charge is -2.31. The fourth-order valence-corrected chi connectivity index (χ4v) is 5.36. The van der Waals surface area contributed by atoms with Gasteiger partial charge >= 0.3 is 0 Å². The maximum Gasteiger partial charge on any atom is 0.270 e. The minimum absolute atomic E-state index is 0.0923. The normalized spacial score (nSPS) is 15.7. The summed E-state index contributed by atoms with van der Waals surface area (Å²) in [4.78, 5) is 22.9. The zero-order chi connectivity index (χ0) is 22.1. The first-order valence-electron chi connectivity index (χ1n) is 9.10. The summed E-state index contributed by atoms with van der Waals surface area (Å²) in [5.41, 5.74) is 0.541. The second-order valence-electron chi connectivity index (χ2n) is 7.00. The van der Waals surface area contributed by atoms with Crippen molar-refractivity contribution in [3.05, 3.63) is 62.1 Å². The number of nitrogens with one attached hydrogen (secondary N) is 1. The highest BCUT2D eigenvalue weighted by atomic mass is 35.5. The van der Waals surface area contributed by atoms with Crippen molar-refractivity contribution < 1.29 is 18.1 Å². The zero-order valence-electron chi connectivity index (χ0n) is 16.0. The van der Waals surface area contributed by atoms with E-state index in [1.54, 1.807) is 25.1 Å². The number of nitro groups is 1. The molecule has 0 aromatic heterocycles. The molecule has 1 fully saturated rings. The van der Waals surface area contributed by atoms with Crippen LogP contribution in [0.2, 0.25) is 10.0 Å². The van der Waals surface area contributed by atoms with Crippen molar-refractivity contribution in [2.24, 2.45) is 5.92 Å². The summed E-state index contributed by atoms with van der Waals surface area (Å²) in [6.45, 7) is 1.85. The van der Waals surface area contributed by atoms with Gasteiger partial charge in [0.25, 0.3) is 5.69 Å². The van der Waals surface area contributed by atoms with E-state index in [4.69, 9.17) is 23.2 Å².